The number of phenolic OH excluding ortho intramolecular Hbond substituents is 2. The summed E-state index contributed by atoms with van der Waals surface area (Å²) in [4.78, 5) is 29.6. The monoisotopic (exact) mass is 645 g/mol. The largest absolute Gasteiger partial charge is 0.507 e. The highest BCUT2D eigenvalue weighted by Crippen LogP contribution is 2.53. The van der Waals surface area contributed by atoms with Crippen molar-refractivity contribution in [2.45, 2.75) is 74.8 Å². The van der Waals surface area contributed by atoms with Crippen LogP contribution in [0, 0.1) is 0 Å². The van der Waals surface area contributed by atoms with Crippen LogP contribution in [0.3, 0.4) is 0 Å². The van der Waals surface area contributed by atoms with E-state index in [2.05, 4.69) is 0 Å². The van der Waals surface area contributed by atoms with Gasteiger partial charge in [0.25, 0.3) is 0 Å². The number of methoxy groups -OCH3 is 2. The summed E-state index contributed by atoms with van der Waals surface area (Å²) < 4.78 is 28.6. The molecule has 4 aliphatic rings. The maximum absolute atomic E-state index is 13.9. The number of phenols is 2. The minimum absolute atomic E-state index is 0.0335. The van der Waals surface area contributed by atoms with Crippen LogP contribution in [0.15, 0.2) is 18.2 Å². The number of rotatable bonds is 7. The zero-order valence-corrected chi connectivity index (χ0v) is 25.7. The smallest absolute Gasteiger partial charge is 0.202 e. The summed E-state index contributed by atoms with van der Waals surface area (Å²) in [5, 5.41) is 66.4. The zero-order valence-electron chi connectivity index (χ0n) is 25.7. The Balaban J connectivity index is 1.42. The van der Waals surface area contributed by atoms with Gasteiger partial charge in [-0.25, -0.2) is 0 Å². The zero-order chi connectivity index (χ0) is 33.1. The van der Waals surface area contributed by atoms with Crippen molar-refractivity contribution in [1.82, 2.24) is 4.90 Å². The highest BCUT2D eigenvalue weighted by atomic mass is 16.7. The predicted molar refractivity (Wildman–Crippen MR) is 157 cm³/mol. The molecule has 14 nitrogen and oxygen atoms in total. The highest BCUT2D eigenvalue weighted by Gasteiger charge is 2.50. The normalized spacial score (nSPS) is 32.0. The van der Waals surface area contributed by atoms with Crippen LogP contribution in [0.25, 0.3) is 0 Å². The Labute approximate surface area is 264 Å². The lowest BCUT2D eigenvalue weighted by Gasteiger charge is -2.47. The molecule has 0 saturated carbocycles. The van der Waals surface area contributed by atoms with E-state index in [1.165, 1.54) is 32.4 Å². The first-order chi connectivity index (χ1) is 21.9. The quantitative estimate of drug-likeness (QED) is 0.189. The van der Waals surface area contributed by atoms with E-state index in [-0.39, 0.29) is 40.8 Å². The second-order valence-electron chi connectivity index (χ2n) is 12.3. The van der Waals surface area contributed by atoms with Crippen LogP contribution in [0.2, 0.25) is 0 Å². The van der Waals surface area contributed by atoms with E-state index in [1.807, 2.05) is 4.90 Å². The minimum Gasteiger partial charge on any atom is -0.507 e. The van der Waals surface area contributed by atoms with E-state index in [0.29, 0.717) is 19.7 Å². The summed E-state index contributed by atoms with van der Waals surface area (Å²) in [6, 6.07) is 3.98. The number of carbonyl (C=O) groups excluding carboxylic acids is 2. The van der Waals surface area contributed by atoms with Crippen LogP contribution in [-0.4, -0.2) is 130 Å². The average molecular weight is 646 g/mol. The number of benzene rings is 2. The van der Waals surface area contributed by atoms with E-state index in [0.717, 1.165) is 0 Å². The number of hydrogen-bond donors (Lipinski definition) is 6. The van der Waals surface area contributed by atoms with Crippen molar-refractivity contribution >= 4 is 11.6 Å². The molecule has 8 atom stereocenters. The Morgan fingerprint density at radius 3 is 2.52 bits per heavy atom. The Bertz CT molecular complexity index is 1530. The number of ether oxygens (including phenoxy) is 5. The van der Waals surface area contributed by atoms with Crippen LogP contribution in [0.4, 0.5) is 0 Å². The van der Waals surface area contributed by atoms with Gasteiger partial charge in [0.15, 0.2) is 18.4 Å². The summed E-state index contributed by atoms with van der Waals surface area (Å²) in [6.07, 6.45) is -6.79. The van der Waals surface area contributed by atoms with Crippen molar-refractivity contribution in [3.05, 3.63) is 51.6 Å². The Hall–Kier alpha value is -3.18. The SMILES string of the molecule is COc1cccc2c1C(=O)c1c(O)c3c(c(O)c1C2=O)C[C@@](O)(C(O)CO)C[C@@H]3O[C@H]1C[C@H](N2CCOC(OC)C2)[C@H](O)[C@H](C)O1. The molecule has 2 aliphatic carbocycles. The molecule has 2 saturated heterocycles. The summed E-state index contributed by atoms with van der Waals surface area (Å²) in [6.45, 7) is 2.12. The third-order valence-corrected chi connectivity index (χ3v) is 9.69. The van der Waals surface area contributed by atoms with Crippen LogP contribution in [0.5, 0.6) is 17.2 Å². The molecular weight excluding hydrogens is 606 g/mol. The molecule has 0 bridgehead atoms. The Kier molecular flexibility index (Phi) is 8.86. The lowest BCUT2D eigenvalue weighted by Crippen LogP contribution is -2.59. The van der Waals surface area contributed by atoms with Crippen LogP contribution in [-0.2, 0) is 25.4 Å². The van der Waals surface area contributed by atoms with Crippen LogP contribution >= 0.6 is 0 Å². The summed E-state index contributed by atoms with van der Waals surface area (Å²) >= 11 is 0. The molecule has 0 spiro atoms. The molecule has 2 fully saturated rings. The Morgan fingerprint density at radius 2 is 1.83 bits per heavy atom. The minimum atomic E-state index is -2.07. The van der Waals surface area contributed by atoms with Gasteiger partial charge in [-0.3, -0.25) is 14.5 Å². The van der Waals surface area contributed by atoms with Crippen molar-refractivity contribution in [1.29, 1.82) is 0 Å². The van der Waals surface area contributed by atoms with Gasteiger partial charge in [0, 0.05) is 62.2 Å². The van der Waals surface area contributed by atoms with E-state index < -0.39 is 95.9 Å². The number of aliphatic hydroxyl groups is 4. The molecule has 6 rings (SSSR count). The standard InChI is InChI=1S/C32H39NO13/c1-14-27(36)17(33-7-8-44-22(12-33)43-3)9-21(45-14)46-19-11-32(41,20(35)13-34)10-16-24(19)31(40)26-25(29(16)38)28(37)15-5-4-6-18(42-2)23(15)30(26)39/h4-6,14,17,19-22,27,34-36,38,40-41H,7-13H2,1-3H3/t14-,17-,19-,20?,21-,22?,27+,32-/m0/s1. The number of carbonyl (C=O) groups is 2. The first-order valence-corrected chi connectivity index (χ1v) is 15.2. The second-order valence-corrected chi connectivity index (χ2v) is 12.3. The van der Waals surface area contributed by atoms with Gasteiger partial charge in [-0.1, -0.05) is 12.1 Å². The number of ketones is 2. The summed E-state index contributed by atoms with van der Waals surface area (Å²) in [5.74, 6) is -2.66. The van der Waals surface area contributed by atoms with Crippen LogP contribution < -0.4 is 4.74 Å². The van der Waals surface area contributed by atoms with Gasteiger partial charge in [0.05, 0.1) is 60.9 Å². The van der Waals surface area contributed by atoms with Crippen molar-refractivity contribution in [2.24, 2.45) is 0 Å². The molecular formula is C32H39NO13. The Morgan fingerprint density at radius 1 is 1.09 bits per heavy atom. The lowest BCUT2D eigenvalue weighted by molar-refractivity contribution is -0.269. The molecule has 0 aromatic heterocycles. The number of hydrogen-bond acceptors (Lipinski definition) is 14. The fraction of sp³-hybridized carbons (Fsp3) is 0.562. The van der Waals surface area contributed by atoms with E-state index in [4.69, 9.17) is 23.7 Å². The molecule has 6 N–H and O–H groups in total. The van der Waals surface area contributed by atoms with Gasteiger partial charge < -0.3 is 54.3 Å². The number of aromatic hydroxyl groups is 2. The van der Waals surface area contributed by atoms with Crippen molar-refractivity contribution in [3.8, 4) is 17.2 Å². The fourth-order valence-corrected chi connectivity index (χ4v) is 7.23. The molecule has 14 heteroatoms. The van der Waals surface area contributed by atoms with Crippen LogP contribution in [0.1, 0.15) is 68.8 Å². The molecule has 2 aliphatic heterocycles. The molecule has 2 unspecified atom stereocenters. The van der Waals surface area contributed by atoms with Gasteiger partial charge >= 0.3 is 0 Å². The van der Waals surface area contributed by atoms with Gasteiger partial charge in [0.1, 0.15) is 23.4 Å². The maximum atomic E-state index is 13.9. The van der Waals surface area contributed by atoms with Gasteiger partial charge in [-0.2, -0.15) is 0 Å². The third-order valence-electron chi connectivity index (χ3n) is 9.69. The number of morpholine rings is 1. The topological polar surface area (TPSA) is 205 Å². The molecule has 46 heavy (non-hydrogen) atoms. The average Bonchev–Trinajstić information content (AvgIpc) is 3.05. The first-order valence-electron chi connectivity index (χ1n) is 15.2. The van der Waals surface area contributed by atoms with Gasteiger partial charge in [-0.15, -0.1) is 0 Å². The van der Waals surface area contributed by atoms with E-state index >= 15 is 0 Å². The predicted octanol–water partition coefficient (Wildman–Crippen LogP) is 0.139. The second kappa shape index (κ2) is 12.4. The molecule has 2 heterocycles. The molecule has 2 aromatic rings. The third kappa shape index (κ3) is 5.27. The molecule has 0 radical (unpaired) electrons. The van der Waals surface area contributed by atoms with E-state index in [1.54, 1.807) is 6.92 Å². The van der Waals surface area contributed by atoms with E-state index in [9.17, 15) is 40.2 Å². The number of aliphatic hydroxyl groups excluding tert-OH is 3. The van der Waals surface area contributed by atoms with Gasteiger partial charge in [-0.05, 0) is 13.0 Å². The molecule has 2 aromatic carbocycles. The summed E-state index contributed by atoms with van der Waals surface area (Å²) in [7, 11) is 2.87. The lowest BCUT2D eigenvalue weighted by atomic mass is 9.71. The van der Waals surface area contributed by atoms with Crippen molar-refractivity contribution in [2.75, 3.05) is 40.5 Å². The number of nitrogens with zero attached hydrogens (tertiary/aromatic N) is 1. The fourth-order valence-electron chi connectivity index (χ4n) is 7.23. The molecule has 0 amide bonds. The first kappa shape index (κ1) is 32.7. The van der Waals surface area contributed by atoms with Gasteiger partial charge in [0.2, 0.25) is 5.78 Å². The van der Waals surface area contributed by atoms with Crippen molar-refractivity contribution in [3.63, 3.8) is 0 Å². The number of fused-ring (bicyclic) bond motifs is 3. The highest BCUT2D eigenvalue weighted by molar-refractivity contribution is 6.31. The molecule has 250 valence electrons. The summed E-state index contributed by atoms with van der Waals surface area (Å²) in [5.41, 5.74) is -3.24. The van der Waals surface area contributed by atoms with Crippen molar-refractivity contribution < 1.29 is 63.9 Å². The maximum Gasteiger partial charge on any atom is 0.202 e.